The number of ether oxygens (including phenoxy) is 1. The Morgan fingerprint density at radius 2 is 2.35 bits per heavy atom. The van der Waals surface area contributed by atoms with E-state index < -0.39 is 5.82 Å². The average Bonchev–Trinajstić information content (AvgIpc) is 2.29. The van der Waals surface area contributed by atoms with Crippen molar-refractivity contribution in [3.05, 3.63) is 36.3 Å². The summed E-state index contributed by atoms with van der Waals surface area (Å²) < 4.78 is 19.0. The molecule has 0 unspecified atom stereocenters. The standard InChI is InChI=1S/C13H19FN2O/c1-4-7-17-13-12(14)11(5-6-16-13)9-15-8-10(2)3/h4-6,10,15H,1,7-9H2,2-3H3. The molecule has 1 rings (SSSR count). The van der Waals surface area contributed by atoms with Crippen LogP contribution in [-0.2, 0) is 6.54 Å². The lowest BCUT2D eigenvalue weighted by molar-refractivity contribution is 0.324. The Bertz CT molecular complexity index is 366. The maximum Gasteiger partial charge on any atom is 0.251 e. The van der Waals surface area contributed by atoms with Crippen LogP contribution in [0.15, 0.2) is 24.9 Å². The van der Waals surface area contributed by atoms with Gasteiger partial charge in [-0.2, -0.15) is 0 Å². The van der Waals surface area contributed by atoms with Crippen LogP contribution in [0.3, 0.4) is 0 Å². The molecule has 0 spiro atoms. The Labute approximate surface area is 102 Å². The maximum atomic E-state index is 13.9. The zero-order valence-electron chi connectivity index (χ0n) is 10.4. The Balaban J connectivity index is 2.62. The monoisotopic (exact) mass is 238 g/mol. The van der Waals surface area contributed by atoms with Gasteiger partial charge in [0.25, 0.3) is 5.88 Å². The fourth-order valence-electron chi connectivity index (χ4n) is 1.33. The molecule has 0 fully saturated rings. The van der Waals surface area contributed by atoms with Crippen LogP contribution < -0.4 is 10.1 Å². The van der Waals surface area contributed by atoms with Crippen molar-refractivity contribution in [3.8, 4) is 5.88 Å². The molecular weight excluding hydrogens is 219 g/mol. The van der Waals surface area contributed by atoms with Crippen LogP contribution in [-0.4, -0.2) is 18.1 Å². The molecular formula is C13H19FN2O. The zero-order valence-corrected chi connectivity index (χ0v) is 10.4. The highest BCUT2D eigenvalue weighted by Gasteiger charge is 2.10. The molecule has 1 N–H and O–H groups in total. The van der Waals surface area contributed by atoms with Gasteiger partial charge >= 0.3 is 0 Å². The topological polar surface area (TPSA) is 34.1 Å². The van der Waals surface area contributed by atoms with Gasteiger partial charge < -0.3 is 10.1 Å². The predicted octanol–water partition coefficient (Wildman–Crippen LogP) is 2.53. The number of nitrogens with zero attached hydrogens (tertiary/aromatic N) is 1. The molecule has 0 radical (unpaired) electrons. The van der Waals surface area contributed by atoms with Crippen LogP contribution in [0.25, 0.3) is 0 Å². The first kappa shape index (κ1) is 13.6. The molecule has 94 valence electrons. The van der Waals surface area contributed by atoms with Crippen molar-refractivity contribution in [3.63, 3.8) is 0 Å². The van der Waals surface area contributed by atoms with Crippen molar-refractivity contribution in [2.45, 2.75) is 20.4 Å². The molecule has 3 nitrogen and oxygen atoms in total. The Kier molecular flexibility index (Phi) is 5.63. The van der Waals surface area contributed by atoms with Gasteiger partial charge in [-0.15, -0.1) is 0 Å². The third-order valence-corrected chi connectivity index (χ3v) is 2.14. The fourth-order valence-corrected chi connectivity index (χ4v) is 1.33. The fraction of sp³-hybridized carbons (Fsp3) is 0.462. The Morgan fingerprint density at radius 1 is 1.59 bits per heavy atom. The third kappa shape index (κ3) is 4.53. The highest BCUT2D eigenvalue weighted by Crippen LogP contribution is 2.17. The number of halogens is 1. The second kappa shape index (κ2) is 7.01. The predicted molar refractivity (Wildman–Crippen MR) is 66.4 cm³/mol. The van der Waals surface area contributed by atoms with Crippen molar-refractivity contribution in [2.24, 2.45) is 5.92 Å². The first-order valence-electron chi connectivity index (χ1n) is 5.73. The average molecular weight is 238 g/mol. The summed E-state index contributed by atoms with van der Waals surface area (Å²) in [5, 5.41) is 3.18. The van der Waals surface area contributed by atoms with Crippen LogP contribution in [0.4, 0.5) is 4.39 Å². The lowest BCUT2D eigenvalue weighted by atomic mass is 10.2. The molecule has 0 saturated heterocycles. The summed E-state index contributed by atoms with van der Waals surface area (Å²) in [6, 6.07) is 1.66. The minimum Gasteiger partial charge on any atom is -0.471 e. The molecule has 1 heterocycles. The first-order chi connectivity index (χ1) is 8.15. The van der Waals surface area contributed by atoms with Gasteiger partial charge in [0, 0.05) is 18.3 Å². The molecule has 0 aromatic carbocycles. The van der Waals surface area contributed by atoms with E-state index in [1.807, 2.05) is 0 Å². The van der Waals surface area contributed by atoms with E-state index in [-0.39, 0.29) is 12.5 Å². The zero-order chi connectivity index (χ0) is 12.7. The van der Waals surface area contributed by atoms with Gasteiger partial charge in [-0.1, -0.05) is 26.5 Å². The number of rotatable bonds is 7. The van der Waals surface area contributed by atoms with Crippen LogP contribution >= 0.6 is 0 Å². The Morgan fingerprint density at radius 3 is 3.00 bits per heavy atom. The molecule has 0 saturated carbocycles. The minimum absolute atomic E-state index is 0.0359. The van der Waals surface area contributed by atoms with Crippen LogP contribution in [0.1, 0.15) is 19.4 Å². The SMILES string of the molecule is C=CCOc1nccc(CNCC(C)C)c1F. The minimum atomic E-state index is -0.398. The summed E-state index contributed by atoms with van der Waals surface area (Å²) >= 11 is 0. The van der Waals surface area contributed by atoms with Gasteiger partial charge in [-0.25, -0.2) is 9.37 Å². The number of hydrogen-bond acceptors (Lipinski definition) is 3. The number of pyridine rings is 1. The maximum absolute atomic E-state index is 13.9. The van der Waals surface area contributed by atoms with E-state index in [4.69, 9.17) is 4.74 Å². The summed E-state index contributed by atoms with van der Waals surface area (Å²) in [4.78, 5) is 3.85. The number of hydrogen-bond donors (Lipinski definition) is 1. The lowest BCUT2D eigenvalue weighted by Crippen LogP contribution is -2.20. The van der Waals surface area contributed by atoms with E-state index in [2.05, 4.69) is 30.7 Å². The van der Waals surface area contributed by atoms with Gasteiger partial charge in [0.1, 0.15) is 6.61 Å². The van der Waals surface area contributed by atoms with Gasteiger partial charge in [-0.3, -0.25) is 0 Å². The van der Waals surface area contributed by atoms with Crippen molar-refractivity contribution in [2.75, 3.05) is 13.2 Å². The third-order valence-electron chi connectivity index (χ3n) is 2.14. The molecule has 0 aliphatic rings. The molecule has 0 atom stereocenters. The molecule has 0 aliphatic heterocycles. The molecule has 1 aromatic rings. The molecule has 0 bridgehead atoms. The van der Waals surface area contributed by atoms with Crippen molar-refractivity contribution < 1.29 is 9.13 Å². The number of aromatic nitrogens is 1. The van der Waals surface area contributed by atoms with E-state index in [0.29, 0.717) is 18.0 Å². The highest BCUT2D eigenvalue weighted by atomic mass is 19.1. The molecule has 17 heavy (non-hydrogen) atoms. The van der Waals surface area contributed by atoms with Crippen molar-refractivity contribution >= 4 is 0 Å². The first-order valence-corrected chi connectivity index (χ1v) is 5.73. The quantitative estimate of drug-likeness (QED) is 0.741. The summed E-state index contributed by atoms with van der Waals surface area (Å²) in [5.41, 5.74) is 0.569. The van der Waals surface area contributed by atoms with Crippen LogP contribution in [0.5, 0.6) is 5.88 Å². The number of nitrogens with one attached hydrogen (secondary N) is 1. The molecule has 0 aliphatic carbocycles. The molecule has 1 aromatic heterocycles. The lowest BCUT2D eigenvalue weighted by Gasteiger charge is -2.10. The van der Waals surface area contributed by atoms with Gasteiger partial charge in [-0.05, 0) is 18.5 Å². The second-order valence-corrected chi connectivity index (χ2v) is 4.21. The Hall–Kier alpha value is -1.42. The van der Waals surface area contributed by atoms with E-state index in [1.165, 1.54) is 0 Å². The van der Waals surface area contributed by atoms with E-state index >= 15 is 0 Å². The van der Waals surface area contributed by atoms with E-state index in [0.717, 1.165) is 6.54 Å². The van der Waals surface area contributed by atoms with Gasteiger partial charge in [0.05, 0.1) is 0 Å². The van der Waals surface area contributed by atoms with Gasteiger partial charge in [0.15, 0.2) is 5.82 Å². The molecule has 4 heteroatoms. The van der Waals surface area contributed by atoms with Crippen molar-refractivity contribution in [1.82, 2.24) is 10.3 Å². The smallest absolute Gasteiger partial charge is 0.251 e. The second-order valence-electron chi connectivity index (χ2n) is 4.21. The molecule has 0 amide bonds. The largest absolute Gasteiger partial charge is 0.471 e. The summed E-state index contributed by atoms with van der Waals surface area (Å²) in [6.45, 7) is 9.31. The van der Waals surface area contributed by atoms with Crippen molar-refractivity contribution in [1.29, 1.82) is 0 Å². The van der Waals surface area contributed by atoms with E-state index in [9.17, 15) is 4.39 Å². The summed E-state index contributed by atoms with van der Waals surface area (Å²) in [6.07, 6.45) is 3.11. The van der Waals surface area contributed by atoms with Gasteiger partial charge in [0.2, 0.25) is 0 Å². The summed E-state index contributed by atoms with van der Waals surface area (Å²) in [7, 11) is 0. The van der Waals surface area contributed by atoms with Crippen LogP contribution in [0.2, 0.25) is 0 Å². The highest BCUT2D eigenvalue weighted by molar-refractivity contribution is 5.23. The summed E-state index contributed by atoms with van der Waals surface area (Å²) in [5.74, 6) is 0.177. The van der Waals surface area contributed by atoms with Crippen LogP contribution in [0, 0.1) is 11.7 Å². The van der Waals surface area contributed by atoms with E-state index in [1.54, 1.807) is 18.3 Å². The normalized spacial score (nSPS) is 10.6.